The minimum atomic E-state index is 0.814. The van der Waals surface area contributed by atoms with E-state index in [1.165, 1.54) is 0 Å². The molecule has 0 aliphatic carbocycles. The maximum absolute atomic E-state index is 4.72. The summed E-state index contributed by atoms with van der Waals surface area (Å²) < 4.78 is 4.72. The van der Waals surface area contributed by atoms with Gasteiger partial charge in [-0.25, -0.2) is 0 Å². The molecule has 0 heterocycles. The molecule has 0 atom stereocenters. The Morgan fingerprint density at radius 1 is 1.83 bits per heavy atom. The molecule has 0 fully saturated rings. The van der Waals surface area contributed by atoms with Gasteiger partial charge in [0.2, 0.25) is 0 Å². The number of ether oxygens (including phenoxy) is 1. The monoisotopic (exact) mass is 105 g/mol. The highest BCUT2D eigenvalue weighted by molar-refractivity contribution is 8.00. The predicted molar refractivity (Wildman–Crippen MR) is 29.7 cm³/mol. The first-order valence-electron chi connectivity index (χ1n) is 1.77. The third-order valence-electron chi connectivity index (χ3n) is 0.432. The molecule has 0 aliphatic rings. The van der Waals surface area contributed by atoms with E-state index in [0.717, 1.165) is 12.4 Å². The quantitative estimate of drug-likeness (QED) is 0.498. The van der Waals surface area contributed by atoms with Crippen LogP contribution in [-0.2, 0) is 4.74 Å². The molecule has 0 aromatic heterocycles. The van der Waals surface area contributed by atoms with Crippen molar-refractivity contribution >= 4 is 11.8 Å². The molecule has 0 rings (SSSR count). The molecule has 6 heavy (non-hydrogen) atoms. The summed E-state index contributed by atoms with van der Waals surface area (Å²) in [6, 6.07) is 0. The van der Waals surface area contributed by atoms with E-state index in [4.69, 9.17) is 4.74 Å². The van der Waals surface area contributed by atoms with Crippen LogP contribution < -0.4 is 0 Å². The van der Waals surface area contributed by atoms with Crippen molar-refractivity contribution in [3.05, 3.63) is 6.26 Å². The topological polar surface area (TPSA) is 9.23 Å². The zero-order valence-electron chi connectivity index (χ0n) is 3.94. The highest BCUT2D eigenvalue weighted by Gasteiger charge is 1.74. The number of methoxy groups -OCH3 is 1. The fraction of sp³-hybridized carbons (Fsp3) is 0.750. The Hall–Kier alpha value is 0.310. The highest BCUT2D eigenvalue weighted by Crippen LogP contribution is 1.91. The number of hydrogen-bond acceptors (Lipinski definition) is 2. The maximum Gasteiger partial charge on any atom is 0.0552 e. The third-order valence-corrected chi connectivity index (χ3v) is 0.887. The summed E-state index contributed by atoms with van der Waals surface area (Å²) in [6.07, 6.45) is 3.56. The van der Waals surface area contributed by atoms with Crippen molar-refractivity contribution in [1.29, 1.82) is 0 Å². The number of rotatable bonds is 3. The van der Waals surface area contributed by atoms with Crippen molar-refractivity contribution in [2.24, 2.45) is 0 Å². The second-order valence-corrected chi connectivity index (χ2v) is 1.72. The Kier molecular flexibility index (Phi) is 5.58. The van der Waals surface area contributed by atoms with E-state index in [1.807, 2.05) is 0 Å². The minimum absolute atomic E-state index is 0.814. The number of hydrogen-bond donors (Lipinski definition) is 0. The molecule has 2 heteroatoms. The lowest BCUT2D eigenvalue weighted by molar-refractivity contribution is 0.219. The first kappa shape index (κ1) is 6.31. The van der Waals surface area contributed by atoms with E-state index in [-0.39, 0.29) is 0 Å². The van der Waals surface area contributed by atoms with Gasteiger partial charge in [-0.3, -0.25) is 0 Å². The van der Waals surface area contributed by atoms with Crippen LogP contribution in [0.25, 0.3) is 0 Å². The molecule has 0 aliphatic heterocycles. The Balaban J connectivity index is 2.34. The fourth-order valence-electron chi connectivity index (χ4n) is 0.142. The van der Waals surface area contributed by atoms with Crippen LogP contribution >= 0.6 is 11.8 Å². The van der Waals surface area contributed by atoms with E-state index < -0.39 is 0 Å². The van der Waals surface area contributed by atoms with Crippen LogP contribution in [0, 0.1) is 6.26 Å². The van der Waals surface area contributed by atoms with Crippen molar-refractivity contribution < 1.29 is 4.74 Å². The molecule has 1 nitrogen and oxygen atoms in total. The summed E-state index contributed by atoms with van der Waals surface area (Å²) in [5.41, 5.74) is 0. The molecular weight excluding hydrogens is 96.1 g/mol. The van der Waals surface area contributed by atoms with Gasteiger partial charge in [-0.2, -0.15) is 11.8 Å². The summed E-state index contributed by atoms with van der Waals surface area (Å²) in [4.78, 5) is 0. The van der Waals surface area contributed by atoms with Crippen LogP contribution in [0.4, 0.5) is 0 Å². The molecule has 0 N–H and O–H groups in total. The third kappa shape index (κ3) is 4.31. The molecule has 0 amide bonds. The Morgan fingerprint density at radius 3 is 2.67 bits per heavy atom. The standard InChI is InChI=1S/C4H9OS/c1-5-3-4-6-2/h2-4H2,1H3. The van der Waals surface area contributed by atoms with Gasteiger partial charge in [0, 0.05) is 19.1 Å². The first-order valence-corrected chi connectivity index (χ1v) is 2.93. The lowest BCUT2D eigenvalue weighted by Crippen LogP contribution is -1.88. The molecule has 0 spiro atoms. The second-order valence-electron chi connectivity index (χ2n) is 0.901. The average Bonchev–Trinajstić information content (AvgIpc) is 1.61. The van der Waals surface area contributed by atoms with E-state index >= 15 is 0 Å². The zero-order valence-corrected chi connectivity index (χ0v) is 4.75. The van der Waals surface area contributed by atoms with Crippen LogP contribution in [0.5, 0.6) is 0 Å². The lowest BCUT2D eigenvalue weighted by atomic mass is 10.9. The predicted octanol–water partition coefficient (Wildman–Crippen LogP) is 1.16. The van der Waals surface area contributed by atoms with E-state index in [2.05, 4.69) is 6.26 Å². The normalized spacial score (nSPS) is 9.00. The van der Waals surface area contributed by atoms with Gasteiger partial charge in [0.15, 0.2) is 0 Å². The van der Waals surface area contributed by atoms with Gasteiger partial charge in [-0.1, -0.05) is 0 Å². The molecular formula is C4H9OS. The van der Waals surface area contributed by atoms with Crippen LogP contribution in [0.2, 0.25) is 0 Å². The average molecular weight is 105 g/mol. The minimum Gasteiger partial charge on any atom is -0.384 e. The molecule has 0 saturated heterocycles. The smallest absolute Gasteiger partial charge is 0.0552 e. The second kappa shape index (κ2) is 5.31. The Bertz CT molecular complexity index is 19.5. The molecule has 0 bridgehead atoms. The van der Waals surface area contributed by atoms with E-state index in [1.54, 1.807) is 18.9 Å². The van der Waals surface area contributed by atoms with Gasteiger partial charge in [-0.15, -0.1) is 0 Å². The van der Waals surface area contributed by atoms with Gasteiger partial charge in [-0.05, 0) is 0 Å². The van der Waals surface area contributed by atoms with Gasteiger partial charge < -0.3 is 4.74 Å². The largest absolute Gasteiger partial charge is 0.384 e. The highest BCUT2D eigenvalue weighted by atomic mass is 32.2. The van der Waals surface area contributed by atoms with E-state index in [9.17, 15) is 0 Å². The van der Waals surface area contributed by atoms with Crippen LogP contribution in [-0.4, -0.2) is 19.5 Å². The Morgan fingerprint density at radius 2 is 2.50 bits per heavy atom. The molecule has 0 aromatic rings. The molecule has 0 aromatic carbocycles. The SMILES string of the molecule is [CH2]SCCOC. The van der Waals surface area contributed by atoms with Crippen LogP contribution in [0.1, 0.15) is 0 Å². The van der Waals surface area contributed by atoms with E-state index in [0.29, 0.717) is 0 Å². The van der Waals surface area contributed by atoms with Crippen LogP contribution in [0.3, 0.4) is 0 Å². The zero-order chi connectivity index (χ0) is 4.83. The van der Waals surface area contributed by atoms with Crippen LogP contribution in [0.15, 0.2) is 0 Å². The van der Waals surface area contributed by atoms with Crippen molar-refractivity contribution in [3.63, 3.8) is 0 Å². The van der Waals surface area contributed by atoms with Gasteiger partial charge in [0.1, 0.15) is 0 Å². The van der Waals surface area contributed by atoms with Gasteiger partial charge in [0.25, 0.3) is 0 Å². The summed E-state index contributed by atoms with van der Waals surface area (Å²) in [7, 11) is 1.69. The van der Waals surface area contributed by atoms with Gasteiger partial charge >= 0.3 is 0 Å². The fourth-order valence-corrected chi connectivity index (χ4v) is 0.427. The van der Waals surface area contributed by atoms with Gasteiger partial charge in [0.05, 0.1) is 6.61 Å². The molecule has 0 saturated carbocycles. The summed E-state index contributed by atoms with van der Waals surface area (Å²) in [6.45, 7) is 0.814. The lowest BCUT2D eigenvalue weighted by Gasteiger charge is -1.89. The summed E-state index contributed by atoms with van der Waals surface area (Å²) in [5.74, 6) is 0.997. The van der Waals surface area contributed by atoms with Crippen molar-refractivity contribution in [1.82, 2.24) is 0 Å². The molecule has 37 valence electrons. The van der Waals surface area contributed by atoms with Crippen molar-refractivity contribution in [2.75, 3.05) is 19.5 Å². The Labute approximate surface area is 43.1 Å². The maximum atomic E-state index is 4.72. The summed E-state index contributed by atoms with van der Waals surface area (Å²) in [5, 5.41) is 0. The summed E-state index contributed by atoms with van der Waals surface area (Å²) >= 11 is 1.55. The molecule has 1 radical (unpaired) electrons. The van der Waals surface area contributed by atoms with Crippen molar-refractivity contribution in [3.8, 4) is 0 Å². The first-order chi connectivity index (χ1) is 2.91. The molecule has 0 unspecified atom stereocenters. The number of thioether (sulfide) groups is 1. The van der Waals surface area contributed by atoms with Crippen molar-refractivity contribution in [2.45, 2.75) is 0 Å².